The molecule has 0 N–H and O–H groups in total. The molecule has 5 aromatic rings. The number of unbranched alkanes of at least 4 members (excludes halogenated alkanes) is 6. The van der Waals surface area contributed by atoms with Crippen LogP contribution in [0.1, 0.15) is 75.2 Å². The highest BCUT2D eigenvalue weighted by Crippen LogP contribution is 2.36. The number of hydrogen-bond donors (Lipinski definition) is 0. The lowest BCUT2D eigenvalue weighted by Crippen LogP contribution is -1.85. The summed E-state index contributed by atoms with van der Waals surface area (Å²) >= 11 is 3.47. The molecule has 0 atom stereocenters. The molecule has 0 aliphatic rings. The molecule has 2 aromatic heterocycles. The van der Waals surface area contributed by atoms with E-state index in [2.05, 4.69) is 82.8 Å². The monoisotopic (exact) mass is 514 g/mol. The van der Waals surface area contributed by atoms with Gasteiger partial charge in [-0.1, -0.05) is 118 Å². The Bertz CT molecular complexity index is 1440. The van der Waals surface area contributed by atoms with Gasteiger partial charge >= 0.3 is 0 Å². The minimum Gasteiger partial charge on any atom is -0.143 e. The molecule has 0 amide bonds. The zero-order chi connectivity index (χ0) is 24.7. The van der Waals surface area contributed by atoms with Gasteiger partial charge in [-0.25, -0.2) is 0 Å². The van der Waals surface area contributed by atoms with E-state index in [4.69, 9.17) is 0 Å². The van der Waals surface area contributed by atoms with E-state index >= 15 is 0 Å². The van der Waals surface area contributed by atoms with E-state index in [1.165, 1.54) is 78.5 Å². The second-order valence-electron chi connectivity index (χ2n) is 9.53. The minimum absolute atomic E-state index is 1.01. The number of aromatic nitrogens is 4. The van der Waals surface area contributed by atoms with Crippen LogP contribution in [-0.4, -0.2) is 20.4 Å². The number of nitrogens with zero attached hydrogens (tertiary/aromatic N) is 4. The first-order valence-electron chi connectivity index (χ1n) is 13.4. The van der Waals surface area contributed by atoms with Crippen LogP contribution >= 0.6 is 22.7 Å². The Kier molecular flexibility index (Phi) is 8.34. The maximum Gasteiger partial charge on any atom is 0.148 e. The third-order valence-corrected chi connectivity index (χ3v) is 8.83. The lowest BCUT2D eigenvalue weighted by Gasteiger charge is -2.08. The van der Waals surface area contributed by atoms with Crippen LogP contribution < -0.4 is 0 Å². The fraction of sp³-hybridized carbons (Fsp3) is 0.400. The Morgan fingerprint density at radius 2 is 1.25 bits per heavy atom. The Morgan fingerprint density at radius 3 is 1.97 bits per heavy atom. The highest BCUT2D eigenvalue weighted by atomic mass is 32.1. The summed E-state index contributed by atoms with van der Waals surface area (Å²) < 4.78 is 0. The standard InChI is InChI=1S/C30H34N4S2/c1-3-5-7-9-14-27-31-33-29(35-27)22-17-18-23-21(20-22)16-19-25-24(23)12-11-13-26(25)30-34-32-28(36-30)15-10-8-6-4-2/h11-13,16-20H,3-10,14-15H2,1-2H3. The Morgan fingerprint density at radius 1 is 0.583 bits per heavy atom. The van der Waals surface area contributed by atoms with Crippen LogP contribution in [0.3, 0.4) is 0 Å². The molecular weight excluding hydrogens is 480 g/mol. The summed E-state index contributed by atoms with van der Waals surface area (Å²) in [6.45, 7) is 4.49. The molecule has 0 saturated carbocycles. The first-order valence-corrected chi connectivity index (χ1v) is 15.0. The van der Waals surface area contributed by atoms with Crippen LogP contribution in [0.15, 0.2) is 48.5 Å². The van der Waals surface area contributed by atoms with Crippen molar-refractivity contribution >= 4 is 44.2 Å². The van der Waals surface area contributed by atoms with E-state index in [9.17, 15) is 0 Å². The van der Waals surface area contributed by atoms with Crippen LogP contribution in [0.2, 0.25) is 0 Å². The largest absolute Gasteiger partial charge is 0.148 e. The van der Waals surface area contributed by atoms with Crippen LogP contribution in [0.4, 0.5) is 0 Å². The van der Waals surface area contributed by atoms with Crippen molar-refractivity contribution in [3.05, 3.63) is 58.5 Å². The van der Waals surface area contributed by atoms with Crippen molar-refractivity contribution in [1.29, 1.82) is 0 Å². The molecule has 4 nitrogen and oxygen atoms in total. The minimum atomic E-state index is 1.01. The molecule has 5 rings (SSSR count). The van der Waals surface area contributed by atoms with Crippen molar-refractivity contribution in [3.8, 4) is 21.1 Å². The molecule has 36 heavy (non-hydrogen) atoms. The lowest BCUT2D eigenvalue weighted by molar-refractivity contribution is 0.663. The fourth-order valence-electron chi connectivity index (χ4n) is 4.76. The van der Waals surface area contributed by atoms with Gasteiger partial charge in [0.15, 0.2) is 0 Å². The first-order chi connectivity index (χ1) is 17.8. The van der Waals surface area contributed by atoms with E-state index in [1.54, 1.807) is 22.7 Å². The second kappa shape index (κ2) is 12.0. The predicted octanol–water partition coefficient (Wildman–Crippen LogP) is 9.28. The van der Waals surface area contributed by atoms with Crippen molar-refractivity contribution in [2.24, 2.45) is 0 Å². The summed E-state index contributed by atoms with van der Waals surface area (Å²) in [7, 11) is 0. The third kappa shape index (κ3) is 5.65. The maximum absolute atomic E-state index is 4.56. The fourth-order valence-corrected chi connectivity index (χ4v) is 6.56. The van der Waals surface area contributed by atoms with E-state index < -0.39 is 0 Å². The summed E-state index contributed by atoms with van der Waals surface area (Å²) in [4.78, 5) is 0. The maximum atomic E-state index is 4.56. The van der Waals surface area contributed by atoms with Gasteiger partial charge < -0.3 is 0 Å². The van der Waals surface area contributed by atoms with Gasteiger partial charge in [0.05, 0.1) is 0 Å². The van der Waals surface area contributed by atoms with Crippen molar-refractivity contribution in [2.75, 3.05) is 0 Å². The number of fused-ring (bicyclic) bond motifs is 3. The van der Waals surface area contributed by atoms with Gasteiger partial charge in [-0.15, -0.1) is 20.4 Å². The molecule has 0 unspecified atom stereocenters. The van der Waals surface area contributed by atoms with Crippen molar-refractivity contribution in [2.45, 2.75) is 78.1 Å². The van der Waals surface area contributed by atoms with Gasteiger partial charge in [0, 0.05) is 24.0 Å². The molecule has 0 bridgehead atoms. The van der Waals surface area contributed by atoms with Gasteiger partial charge in [0.25, 0.3) is 0 Å². The molecule has 0 spiro atoms. The summed E-state index contributed by atoms with van der Waals surface area (Å²) in [6.07, 6.45) is 12.1. The average Bonchev–Trinajstić information content (AvgIpc) is 3.58. The zero-order valence-electron chi connectivity index (χ0n) is 21.3. The molecule has 0 aliphatic heterocycles. The smallest absolute Gasteiger partial charge is 0.143 e. The summed E-state index contributed by atoms with van der Waals surface area (Å²) in [5.41, 5.74) is 2.32. The number of benzene rings is 3. The molecule has 0 fully saturated rings. The Labute approximate surface area is 221 Å². The van der Waals surface area contributed by atoms with Gasteiger partial charge in [-0.3, -0.25) is 0 Å². The van der Waals surface area contributed by atoms with Gasteiger partial charge in [-0.2, -0.15) is 0 Å². The van der Waals surface area contributed by atoms with Crippen LogP contribution in [0, 0.1) is 0 Å². The Hall–Kier alpha value is -2.70. The summed E-state index contributed by atoms with van der Waals surface area (Å²) in [6, 6.07) is 17.7. The van der Waals surface area contributed by atoms with Crippen LogP contribution in [-0.2, 0) is 12.8 Å². The van der Waals surface area contributed by atoms with E-state index in [1.807, 2.05) is 0 Å². The van der Waals surface area contributed by atoms with Gasteiger partial charge in [-0.05, 0) is 40.5 Å². The van der Waals surface area contributed by atoms with Crippen molar-refractivity contribution in [3.63, 3.8) is 0 Å². The van der Waals surface area contributed by atoms with Crippen LogP contribution in [0.5, 0.6) is 0 Å². The van der Waals surface area contributed by atoms with Crippen molar-refractivity contribution < 1.29 is 0 Å². The quantitative estimate of drug-likeness (QED) is 0.123. The normalized spacial score (nSPS) is 11.6. The molecule has 0 aliphatic carbocycles. The molecule has 6 heteroatoms. The predicted molar refractivity (Wildman–Crippen MR) is 155 cm³/mol. The highest BCUT2D eigenvalue weighted by Gasteiger charge is 2.13. The molecule has 3 aromatic carbocycles. The third-order valence-electron chi connectivity index (χ3n) is 6.78. The second-order valence-corrected chi connectivity index (χ2v) is 11.6. The average molecular weight is 515 g/mol. The van der Waals surface area contributed by atoms with Crippen molar-refractivity contribution in [1.82, 2.24) is 20.4 Å². The molecular formula is C30H34N4S2. The number of hydrogen-bond acceptors (Lipinski definition) is 6. The molecule has 186 valence electrons. The highest BCUT2D eigenvalue weighted by molar-refractivity contribution is 7.15. The number of rotatable bonds is 12. The topological polar surface area (TPSA) is 51.6 Å². The van der Waals surface area contributed by atoms with Gasteiger partial charge in [0.2, 0.25) is 0 Å². The van der Waals surface area contributed by atoms with E-state index in [0.29, 0.717) is 0 Å². The SMILES string of the molecule is CCCCCCc1nnc(-c2ccc3c(ccc4c(-c5nnc(CCCCCC)s5)cccc43)c2)s1. The molecule has 0 saturated heterocycles. The number of aryl methyl sites for hydroxylation is 2. The van der Waals surface area contributed by atoms with E-state index in [0.717, 1.165) is 38.4 Å². The molecule has 2 heterocycles. The molecule has 0 radical (unpaired) electrons. The first kappa shape index (κ1) is 25.0. The van der Waals surface area contributed by atoms with Gasteiger partial charge in [0.1, 0.15) is 20.0 Å². The lowest BCUT2D eigenvalue weighted by atomic mass is 9.97. The zero-order valence-corrected chi connectivity index (χ0v) is 22.9. The van der Waals surface area contributed by atoms with Crippen LogP contribution in [0.25, 0.3) is 42.7 Å². The van der Waals surface area contributed by atoms with E-state index in [-0.39, 0.29) is 0 Å². The summed E-state index contributed by atoms with van der Waals surface area (Å²) in [5, 5.41) is 27.3. The Balaban J connectivity index is 1.39. The summed E-state index contributed by atoms with van der Waals surface area (Å²) in [5.74, 6) is 0.